The van der Waals surface area contributed by atoms with E-state index in [1.54, 1.807) is 6.07 Å². The highest BCUT2D eigenvalue weighted by molar-refractivity contribution is 7.89. The average molecular weight is 316 g/mol. The monoisotopic (exact) mass is 315 g/mol. The summed E-state index contributed by atoms with van der Waals surface area (Å²) in [7, 11) is -3.58. The van der Waals surface area contributed by atoms with E-state index in [0.29, 0.717) is 18.5 Å². The molecule has 0 spiro atoms. The van der Waals surface area contributed by atoms with Gasteiger partial charge in [0.15, 0.2) is 0 Å². The summed E-state index contributed by atoms with van der Waals surface area (Å²) < 4.78 is 26.6. The Morgan fingerprint density at radius 3 is 2.75 bits per heavy atom. The normalized spacial score (nSPS) is 10.9. The number of unbranched alkanes of at least 4 members (excludes halogenated alkanes) is 1. The minimum Gasteiger partial charge on any atom is -0.395 e. The number of halogens is 1. The molecule has 1 aromatic rings. The predicted molar refractivity (Wildman–Crippen MR) is 80.1 cm³/mol. The van der Waals surface area contributed by atoms with Crippen molar-refractivity contribution in [2.75, 3.05) is 13.2 Å². The summed E-state index contributed by atoms with van der Waals surface area (Å²) >= 11 is 6.00. The highest BCUT2D eigenvalue weighted by Crippen LogP contribution is 2.22. The molecule has 0 radical (unpaired) electrons. The topological polar surface area (TPSA) is 66.4 Å². The molecular weight excluding hydrogens is 298 g/mol. The Kier molecular flexibility index (Phi) is 7.03. The maximum atomic E-state index is 12.0. The van der Waals surface area contributed by atoms with Crippen LogP contribution in [0.5, 0.6) is 0 Å². The molecule has 20 heavy (non-hydrogen) atoms. The van der Waals surface area contributed by atoms with Crippen LogP contribution in [0.25, 0.3) is 0 Å². The third-order valence-corrected chi connectivity index (χ3v) is 4.46. The Hall–Kier alpha value is -1.06. The number of aliphatic hydroxyl groups excluding tert-OH is 1. The zero-order valence-electron chi connectivity index (χ0n) is 11.3. The van der Waals surface area contributed by atoms with Crippen molar-refractivity contribution in [3.05, 3.63) is 28.8 Å². The molecule has 0 aliphatic heterocycles. The van der Waals surface area contributed by atoms with Gasteiger partial charge in [-0.25, -0.2) is 13.1 Å². The molecule has 1 aromatic carbocycles. The Morgan fingerprint density at radius 2 is 2.15 bits per heavy atom. The van der Waals surface area contributed by atoms with E-state index in [2.05, 4.69) is 16.6 Å². The van der Waals surface area contributed by atoms with Gasteiger partial charge >= 0.3 is 0 Å². The van der Waals surface area contributed by atoms with Gasteiger partial charge in [-0.05, 0) is 24.6 Å². The molecule has 0 atom stereocenters. The number of sulfonamides is 1. The maximum absolute atomic E-state index is 12.0. The quantitative estimate of drug-likeness (QED) is 0.624. The number of rotatable bonds is 6. The fourth-order valence-electron chi connectivity index (χ4n) is 1.48. The van der Waals surface area contributed by atoms with E-state index in [-0.39, 0.29) is 16.5 Å². The van der Waals surface area contributed by atoms with Gasteiger partial charge in [0.25, 0.3) is 0 Å². The smallest absolute Gasteiger partial charge is 0.242 e. The molecule has 0 saturated heterocycles. The molecule has 0 bridgehead atoms. The molecule has 110 valence electrons. The standard InChI is InChI=1S/C14H18ClNO3S/c1-2-3-9-16-20(18,19)14-8-7-12(11-13(14)15)6-4-5-10-17/h7-8,11,16-17H,2-3,5,9-10H2,1H3. The fourth-order valence-corrected chi connectivity index (χ4v) is 3.09. The van der Waals surface area contributed by atoms with Crippen molar-refractivity contribution in [3.63, 3.8) is 0 Å². The van der Waals surface area contributed by atoms with Gasteiger partial charge in [0.1, 0.15) is 4.90 Å². The van der Waals surface area contributed by atoms with Crippen LogP contribution < -0.4 is 4.72 Å². The van der Waals surface area contributed by atoms with Crippen LogP contribution in [0.3, 0.4) is 0 Å². The molecule has 0 saturated carbocycles. The van der Waals surface area contributed by atoms with Gasteiger partial charge in [-0.15, -0.1) is 0 Å². The molecule has 0 amide bonds. The molecule has 0 aliphatic rings. The molecule has 0 heterocycles. The summed E-state index contributed by atoms with van der Waals surface area (Å²) in [5, 5.41) is 8.78. The van der Waals surface area contributed by atoms with Crippen molar-refractivity contribution in [2.45, 2.75) is 31.1 Å². The van der Waals surface area contributed by atoms with Crippen molar-refractivity contribution in [1.29, 1.82) is 0 Å². The Labute approximate surface area is 125 Å². The van der Waals surface area contributed by atoms with Crippen LogP contribution in [-0.2, 0) is 10.0 Å². The number of hydrogen-bond acceptors (Lipinski definition) is 3. The van der Waals surface area contributed by atoms with Gasteiger partial charge in [-0.2, -0.15) is 0 Å². The number of aliphatic hydroxyl groups is 1. The second kappa shape index (κ2) is 8.28. The van der Waals surface area contributed by atoms with E-state index in [4.69, 9.17) is 16.7 Å². The fraction of sp³-hybridized carbons (Fsp3) is 0.429. The van der Waals surface area contributed by atoms with Gasteiger partial charge < -0.3 is 5.11 Å². The lowest BCUT2D eigenvalue weighted by atomic mass is 10.2. The van der Waals surface area contributed by atoms with E-state index in [0.717, 1.165) is 12.8 Å². The van der Waals surface area contributed by atoms with Crippen molar-refractivity contribution in [2.24, 2.45) is 0 Å². The second-order valence-corrected chi connectivity index (χ2v) is 6.31. The van der Waals surface area contributed by atoms with Crippen LogP contribution >= 0.6 is 11.6 Å². The summed E-state index contributed by atoms with van der Waals surface area (Å²) in [5.41, 5.74) is 0.621. The lowest BCUT2D eigenvalue weighted by Gasteiger charge is -2.08. The first-order chi connectivity index (χ1) is 9.51. The summed E-state index contributed by atoms with van der Waals surface area (Å²) in [5.74, 6) is 5.56. The summed E-state index contributed by atoms with van der Waals surface area (Å²) in [6.07, 6.45) is 2.06. The van der Waals surface area contributed by atoms with Gasteiger partial charge in [0.05, 0.1) is 11.6 Å². The van der Waals surface area contributed by atoms with Crippen molar-refractivity contribution < 1.29 is 13.5 Å². The second-order valence-electron chi connectivity index (χ2n) is 4.17. The van der Waals surface area contributed by atoms with E-state index in [1.165, 1.54) is 12.1 Å². The van der Waals surface area contributed by atoms with Gasteiger partial charge in [0.2, 0.25) is 10.0 Å². The van der Waals surface area contributed by atoms with Crippen molar-refractivity contribution in [3.8, 4) is 11.8 Å². The summed E-state index contributed by atoms with van der Waals surface area (Å²) in [4.78, 5) is 0.0583. The zero-order valence-corrected chi connectivity index (χ0v) is 12.9. The lowest BCUT2D eigenvalue weighted by molar-refractivity contribution is 0.305. The molecular formula is C14H18ClNO3S. The average Bonchev–Trinajstić information content (AvgIpc) is 2.39. The Bertz CT molecular complexity index is 603. The lowest BCUT2D eigenvalue weighted by Crippen LogP contribution is -2.25. The SMILES string of the molecule is CCCCNS(=O)(=O)c1ccc(C#CCCO)cc1Cl. The Morgan fingerprint density at radius 1 is 1.40 bits per heavy atom. The molecule has 4 nitrogen and oxygen atoms in total. The molecule has 0 fully saturated rings. The van der Waals surface area contributed by atoms with E-state index >= 15 is 0 Å². The van der Waals surface area contributed by atoms with Crippen LogP contribution in [0, 0.1) is 11.8 Å². The van der Waals surface area contributed by atoms with Crippen LogP contribution in [-0.4, -0.2) is 26.7 Å². The first-order valence-corrected chi connectivity index (χ1v) is 8.26. The minimum atomic E-state index is -3.58. The number of benzene rings is 1. The van der Waals surface area contributed by atoms with Crippen molar-refractivity contribution >= 4 is 21.6 Å². The zero-order chi connectivity index (χ0) is 15.0. The highest BCUT2D eigenvalue weighted by atomic mass is 35.5. The molecule has 0 unspecified atom stereocenters. The molecule has 0 aromatic heterocycles. The molecule has 0 aliphatic carbocycles. The molecule has 6 heteroatoms. The molecule has 2 N–H and O–H groups in total. The number of hydrogen-bond donors (Lipinski definition) is 2. The van der Waals surface area contributed by atoms with Gasteiger partial charge in [-0.1, -0.05) is 36.8 Å². The third kappa shape index (κ3) is 5.14. The van der Waals surface area contributed by atoms with Crippen LogP contribution in [0.15, 0.2) is 23.1 Å². The summed E-state index contributed by atoms with van der Waals surface area (Å²) in [6, 6.07) is 4.56. The van der Waals surface area contributed by atoms with E-state index in [9.17, 15) is 8.42 Å². The largest absolute Gasteiger partial charge is 0.395 e. The first kappa shape index (κ1) is 17.0. The minimum absolute atomic E-state index is 0.00541. The van der Waals surface area contributed by atoms with E-state index < -0.39 is 10.0 Å². The predicted octanol–water partition coefficient (Wildman–Crippen LogP) is 2.15. The highest BCUT2D eigenvalue weighted by Gasteiger charge is 2.17. The van der Waals surface area contributed by atoms with Gasteiger partial charge in [0, 0.05) is 18.5 Å². The summed E-state index contributed by atoms with van der Waals surface area (Å²) in [6.45, 7) is 2.38. The molecule has 1 rings (SSSR count). The van der Waals surface area contributed by atoms with Crippen LogP contribution in [0.1, 0.15) is 31.7 Å². The van der Waals surface area contributed by atoms with Crippen LogP contribution in [0.2, 0.25) is 5.02 Å². The number of nitrogens with one attached hydrogen (secondary N) is 1. The van der Waals surface area contributed by atoms with Crippen molar-refractivity contribution in [1.82, 2.24) is 4.72 Å². The third-order valence-electron chi connectivity index (χ3n) is 2.51. The van der Waals surface area contributed by atoms with E-state index in [1.807, 2.05) is 6.92 Å². The van der Waals surface area contributed by atoms with Crippen LogP contribution in [0.4, 0.5) is 0 Å². The Balaban J connectivity index is 2.90. The maximum Gasteiger partial charge on any atom is 0.242 e. The van der Waals surface area contributed by atoms with Gasteiger partial charge in [-0.3, -0.25) is 0 Å². The first-order valence-electron chi connectivity index (χ1n) is 6.40.